The van der Waals surface area contributed by atoms with Gasteiger partial charge < -0.3 is 9.15 Å². The van der Waals surface area contributed by atoms with Gasteiger partial charge >= 0.3 is 5.97 Å². The third-order valence-corrected chi connectivity index (χ3v) is 7.45. The van der Waals surface area contributed by atoms with Gasteiger partial charge in [-0.1, -0.05) is 69.2 Å². The predicted molar refractivity (Wildman–Crippen MR) is 143 cm³/mol. The second-order valence-electron chi connectivity index (χ2n) is 8.42. The van der Waals surface area contributed by atoms with E-state index in [4.69, 9.17) is 9.15 Å². The SMILES string of the molecule is CCOC(=O)C1=C(C)N=c2sc(=Cc3ccc(-c4ccc(Br)cc4)o3)c(=O)n2C1c1ccc(C)cc1. The molecule has 2 aromatic heterocycles. The summed E-state index contributed by atoms with van der Waals surface area (Å²) in [6.45, 7) is 5.77. The molecule has 1 atom stereocenters. The van der Waals surface area contributed by atoms with Crippen LogP contribution in [0.2, 0.25) is 0 Å². The topological polar surface area (TPSA) is 73.8 Å². The third-order valence-electron chi connectivity index (χ3n) is 5.94. The Morgan fingerprint density at radius 3 is 2.53 bits per heavy atom. The van der Waals surface area contributed by atoms with Crippen LogP contribution in [-0.4, -0.2) is 17.1 Å². The van der Waals surface area contributed by atoms with Crippen molar-refractivity contribution in [3.05, 3.63) is 113 Å². The number of allylic oxidation sites excluding steroid dienone is 1. The maximum atomic E-state index is 13.7. The zero-order chi connectivity index (χ0) is 25.4. The average Bonchev–Trinajstić information content (AvgIpc) is 3.44. The second kappa shape index (κ2) is 9.87. The van der Waals surface area contributed by atoms with Crippen molar-refractivity contribution in [2.45, 2.75) is 26.8 Å². The number of thiazole rings is 1. The molecule has 182 valence electrons. The Bertz CT molecular complexity index is 1660. The van der Waals surface area contributed by atoms with Gasteiger partial charge in [-0.15, -0.1) is 0 Å². The van der Waals surface area contributed by atoms with E-state index in [-0.39, 0.29) is 12.2 Å². The minimum absolute atomic E-state index is 0.236. The lowest BCUT2D eigenvalue weighted by Gasteiger charge is -2.24. The number of esters is 1. The minimum Gasteiger partial charge on any atom is -0.463 e. The number of nitrogens with zero attached hydrogens (tertiary/aromatic N) is 2. The summed E-state index contributed by atoms with van der Waals surface area (Å²) >= 11 is 4.71. The van der Waals surface area contributed by atoms with E-state index < -0.39 is 12.0 Å². The molecule has 6 nitrogen and oxygen atoms in total. The number of aromatic nitrogens is 1. The number of aryl methyl sites for hydroxylation is 1. The second-order valence-corrected chi connectivity index (χ2v) is 10.3. The van der Waals surface area contributed by atoms with Crippen LogP contribution in [0.4, 0.5) is 0 Å². The zero-order valence-electron chi connectivity index (χ0n) is 19.9. The number of carbonyl (C=O) groups is 1. The van der Waals surface area contributed by atoms with Crippen molar-refractivity contribution < 1.29 is 13.9 Å². The molecule has 36 heavy (non-hydrogen) atoms. The first-order valence-corrected chi connectivity index (χ1v) is 13.1. The molecule has 0 N–H and O–H groups in total. The van der Waals surface area contributed by atoms with Gasteiger partial charge in [0.1, 0.15) is 11.5 Å². The van der Waals surface area contributed by atoms with Gasteiger partial charge in [0.05, 0.1) is 28.5 Å². The lowest BCUT2D eigenvalue weighted by atomic mass is 9.95. The van der Waals surface area contributed by atoms with Gasteiger partial charge in [-0.3, -0.25) is 9.36 Å². The molecular formula is C28H23BrN2O4S. The van der Waals surface area contributed by atoms with Gasteiger partial charge in [0.2, 0.25) is 0 Å². The van der Waals surface area contributed by atoms with Gasteiger partial charge in [0, 0.05) is 16.1 Å². The highest BCUT2D eigenvalue weighted by Crippen LogP contribution is 2.31. The molecule has 4 aromatic rings. The van der Waals surface area contributed by atoms with E-state index in [9.17, 15) is 9.59 Å². The molecule has 0 bridgehead atoms. The number of benzene rings is 2. The molecule has 1 unspecified atom stereocenters. The molecule has 3 heterocycles. The van der Waals surface area contributed by atoms with E-state index in [1.54, 1.807) is 24.5 Å². The third kappa shape index (κ3) is 4.54. The van der Waals surface area contributed by atoms with Gasteiger partial charge in [-0.2, -0.15) is 0 Å². The van der Waals surface area contributed by atoms with E-state index in [0.29, 0.717) is 32.1 Å². The summed E-state index contributed by atoms with van der Waals surface area (Å²) in [5, 5.41) is 0. The van der Waals surface area contributed by atoms with Crippen LogP contribution in [0, 0.1) is 6.92 Å². The number of carbonyl (C=O) groups excluding carboxylic acids is 1. The molecule has 0 saturated heterocycles. The molecule has 0 radical (unpaired) electrons. The molecule has 0 fully saturated rings. The number of hydrogen-bond donors (Lipinski definition) is 0. The highest BCUT2D eigenvalue weighted by Gasteiger charge is 2.33. The average molecular weight is 563 g/mol. The van der Waals surface area contributed by atoms with Crippen LogP contribution in [0.3, 0.4) is 0 Å². The van der Waals surface area contributed by atoms with Gasteiger partial charge in [-0.05, 0) is 50.6 Å². The fraction of sp³-hybridized carbons (Fsp3) is 0.179. The maximum Gasteiger partial charge on any atom is 0.338 e. The predicted octanol–water partition coefficient (Wildman–Crippen LogP) is 5.13. The van der Waals surface area contributed by atoms with Crippen molar-refractivity contribution in [1.29, 1.82) is 0 Å². The normalized spacial score (nSPS) is 15.6. The lowest BCUT2D eigenvalue weighted by molar-refractivity contribution is -0.139. The Hall–Kier alpha value is -3.49. The Morgan fingerprint density at radius 2 is 1.83 bits per heavy atom. The first-order chi connectivity index (χ1) is 17.4. The lowest BCUT2D eigenvalue weighted by Crippen LogP contribution is -2.39. The molecule has 5 rings (SSSR count). The van der Waals surface area contributed by atoms with Crippen molar-refractivity contribution in [3.63, 3.8) is 0 Å². The first kappa shape index (κ1) is 24.2. The molecule has 0 amide bonds. The standard InChI is InChI=1S/C28H23BrN2O4S/c1-4-34-27(33)24-17(3)30-28-31(25(24)19-7-5-16(2)6-8-19)26(32)23(36-28)15-21-13-14-22(35-21)18-9-11-20(29)12-10-18/h5-15,25H,4H2,1-3H3. The van der Waals surface area contributed by atoms with Crippen LogP contribution in [-0.2, 0) is 9.53 Å². The number of halogens is 1. The number of ether oxygens (including phenoxy) is 1. The quantitative estimate of drug-likeness (QED) is 0.316. The molecule has 0 aliphatic carbocycles. The number of rotatable bonds is 5. The van der Waals surface area contributed by atoms with E-state index in [1.807, 2.05) is 67.6 Å². The maximum absolute atomic E-state index is 13.7. The van der Waals surface area contributed by atoms with Gasteiger partial charge in [0.25, 0.3) is 5.56 Å². The zero-order valence-corrected chi connectivity index (χ0v) is 22.4. The fourth-order valence-corrected chi connectivity index (χ4v) is 5.48. The van der Waals surface area contributed by atoms with Crippen LogP contribution in [0.15, 0.2) is 90.6 Å². The summed E-state index contributed by atoms with van der Waals surface area (Å²) in [6.07, 6.45) is 1.72. The van der Waals surface area contributed by atoms with Crippen molar-refractivity contribution in [3.8, 4) is 11.3 Å². The molecular weight excluding hydrogens is 540 g/mol. The van der Waals surface area contributed by atoms with Crippen LogP contribution in [0.25, 0.3) is 17.4 Å². The highest BCUT2D eigenvalue weighted by atomic mass is 79.9. The summed E-state index contributed by atoms with van der Waals surface area (Å²) in [5.41, 5.74) is 3.52. The minimum atomic E-state index is -0.627. The highest BCUT2D eigenvalue weighted by molar-refractivity contribution is 9.10. The molecule has 0 spiro atoms. The summed E-state index contributed by atoms with van der Waals surface area (Å²) in [4.78, 5) is 31.8. The van der Waals surface area contributed by atoms with Crippen molar-refractivity contribution >= 4 is 39.3 Å². The smallest absolute Gasteiger partial charge is 0.338 e. The van der Waals surface area contributed by atoms with Crippen LogP contribution >= 0.6 is 27.3 Å². The Morgan fingerprint density at radius 1 is 1.11 bits per heavy atom. The monoisotopic (exact) mass is 562 g/mol. The number of hydrogen-bond acceptors (Lipinski definition) is 6. The fourth-order valence-electron chi connectivity index (χ4n) is 4.18. The van der Waals surface area contributed by atoms with Crippen molar-refractivity contribution in [2.75, 3.05) is 6.61 Å². The van der Waals surface area contributed by atoms with Crippen LogP contribution < -0.4 is 14.9 Å². The van der Waals surface area contributed by atoms with E-state index >= 15 is 0 Å². The van der Waals surface area contributed by atoms with E-state index in [2.05, 4.69) is 20.9 Å². The van der Waals surface area contributed by atoms with Crippen molar-refractivity contribution in [1.82, 2.24) is 4.57 Å². The summed E-state index contributed by atoms with van der Waals surface area (Å²) in [6, 6.07) is 18.7. The Labute approximate surface area is 220 Å². The van der Waals surface area contributed by atoms with Crippen LogP contribution in [0.1, 0.15) is 36.8 Å². The molecule has 8 heteroatoms. The Kier molecular flexibility index (Phi) is 6.64. The molecule has 1 aliphatic rings. The Balaban J connectivity index is 1.63. The summed E-state index contributed by atoms with van der Waals surface area (Å²) in [7, 11) is 0. The molecule has 2 aromatic carbocycles. The first-order valence-electron chi connectivity index (χ1n) is 11.5. The van der Waals surface area contributed by atoms with Crippen LogP contribution in [0.5, 0.6) is 0 Å². The number of fused-ring (bicyclic) bond motifs is 1. The molecule has 0 saturated carbocycles. The largest absolute Gasteiger partial charge is 0.463 e. The summed E-state index contributed by atoms with van der Waals surface area (Å²) < 4.78 is 14.4. The van der Waals surface area contributed by atoms with Crippen molar-refractivity contribution in [2.24, 2.45) is 4.99 Å². The molecule has 1 aliphatic heterocycles. The van der Waals surface area contributed by atoms with Gasteiger partial charge in [0.15, 0.2) is 4.80 Å². The number of furan rings is 1. The van der Waals surface area contributed by atoms with E-state index in [1.165, 1.54) is 11.3 Å². The summed E-state index contributed by atoms with van der Waals surface area (Å²) in [5.74, 6) is 0.801. The van der Waals surface area contributed by atoms with E-state index in [0.717, 1.165) is 21.2 Å². The van der Waals surface area contributed by atoms with Gasteiger partial charge in [-0.25, -0.2) is 9.79 Å².